The van der Waals surface area contributed by atoms with Crippen molar-refractivity contribution in [2.45, 2.75) is 39.7 Å². The van der Waals surface area contributed by atoms with E-state index in [2.05, 4.69) is 41.4 Å². The Labute approximate surface area is 116 Å². The van der Waals surface area contributed by atoms with Gasteiger partial charge >= 0.3 is 0 Å². The first kappa shape index (κ1) is 13.9. The predicted octanol–water partition coefficient (Wildman–Crippen LogP) is 2.74. The van der Waals surface area contributed by atoms with Crippen molar-refractivity contribution in [2.75, 3.05) is 18.0 Å². The molecule has 0 bridgehead atoms. The highest BCUT2D eigenvalue weighted by atomic mass is 16.1. The minimum atomic E-state index is 0.0642. The lowest BCUT2D eigenvalue weighted by molar-refractivity contribution is -0.124. The molecule has 1 N–H and O–H groups in total. The molecule has 1 aromatic carbocycles. The molecule has 104 valence electrons. The minimum absolute atomic E-state index is 0.0642. The molecule has 1 heterocycles. The van der Waals surface area contributed by atoms with E-state index in [1.807, 2.05) is 13.8 Å². The quantitative estimate of drug-likeness (QED) is 0.906. The molecular weight excluding hydrogens is 236 g/mol. The van der Waals surface area contributed by atoms with Gasteiger partial charge in [0.25, 0.3) is 0 Å². The van der Waals surface area contributed by atoms with Gasteiger partial charge in [0.2, 0.25) is 5.91 Å². The first-order valence-electron chi connectivity index (χ1n) is 7.18. The Morgan fingerprint density at radius 1 is 1.42 bits per heavy atom. The highest BCUT2D eigenvalue weighted by Crippen LogP contribution is 2.21. The molecule has 2 rings (SSSR count). The molecule has 1 aliphatic heterocycles. The Hall–Kier alpha value is -1.51. The van der Waals surface area contributed by atoms with Crippen LogP contribution in [0.2, 0.25) is 0 Å². The summed E-state index contributed by atoms with van der Waals surface area (Å²) in [5.74, 6) is 0.227. The normalized spacial score (nSPS) is 19.6. The number of aryl methyl sites for hydroxylation is 1. The number of carbonyl (C=O) groups excluding carboxylic acids is 1. The topological polar surface area (TPSA) is 32.3 Å². The maximum Gasteiger partial charge on any atom is 0.222 e. The fraction of sp³-hybridized carbons (Fsp3) is 0.562. The second-order valence-electron chi connectivity index (χ2n) is 5.79. The summed E-state index contributed by atoms with van der Waals surface area (Å²) in [5.41, 5.74) is 2.55. The molecule has 1 saturated heterocycles. The molecule has 0 saturated carbocycles. The second kappa shape index (κ2) is 6.09. The Bertz CT molecular complexity index is 442. The zero-order valence-corrected chi connectivity index (χ0v) is 12.1. The zero-order valence-electron chi connectivity index (χ0n) is 12.1. The second-order valence-corrected chi connectivity index (χ2v) is 5.79. The van der Waals surface area contributed by atoms with Crippen molar-refractivity contribution in [2.24, 2.45) is 5.92 Å². The van der Waals surface area contributed by atoms with E-state index in [1.54, 1.807) is 0 Å². The zero-order chi connectivity index (χ0) is 13.8. The van der Waals surface area contributed by atoms with Gasteiger partial charge in [-0.3, -0.25) is 4.79 Å². The van der Waals surface area contributed by atoms with E-state index >= 15 is 0 Å². The Morgan fingerprint density at radius 3 is 2.89 bits per heavy atom. The molecule has 1 atom stereocenters. The SMILES string of the molecule is Cc1cccc(N2CCCC(NC(=O)C(C)C)C2)c1. The maximum atomic E-state index is 11.8. The molecular formula is C16H24N2O. The minimum Gasteiger partial charge on any atom is -0.369 e. The average Bonchev–Trinajstić information content (AvgIpc) is 2.39. The molecule has 1 unspecified atom stereocenters. The molecule has 19 heavy (non-hydrogen) atoms. The smallest absolute Gasteiger partial charge is 0.222 e. The molecule has 3 nitrogen and oxygen atoms in total. The van der Waals surface area contributed by atoms with Gasteiger partial charge in [0.15, 0.2) is 0 Å². The average molecular weight is 260 g/mol. The van der Waals surface area contributed by atoms with Crippen molar-refractivity contribution in [3.8, 4) is 0 Å². The van der Waals surface area contributed by atoms with Crippen LogP contribution in [0.4, 0.5) is 5.69 Å². The highest BCUT2D eigenvalue weighted by molar-refractivity contribution is 5.78. The lowest BCUT2D eigenvalue weighted by Crippen LogP contribution is -2.48. The van der Waals surface area contributed by atoms with Crippen LogP contribution in [0.5, 0.6) is 0 Å². The van der Waals surface area contributed by atoms with E-state index in [-0.39, 0.29) is 17.9 Å². The number of piperidine rings is 1. The van der Waals surface area contributed by atoms with E-state index in [4.69, 9.17) is 0 Å². The number of nitrogens with zero attached hydrogens (tertiary/aromatic N) is 1. The molecule has 1 aromatic rings. The van der Waals surface area contributed by atoms with Gasteiger partial charge in [-0.1, -0.05) is 26.0 Å². The number of hydrogen-bond acceptors (Lipinski definition) is 2. The third-order valence-electron chi connectivity index (χ3n) is 3.66. The van der Waals surface area contributed by atoms with Gasteiger partial charge in [-0.15, -0.1) is 0 Å². The molecule has 0 spiro atoms. The molecule has 1 fully saturated rings. The number of hydrogen-bond donors (Lipinski definition) is 1. The Balaban J connectivity index is 1.99. The van der Waals surface area contributed by atoms with Crippen molar-refractivity contribution in [1.29, 1.82) is 0 Å². The van der Waals surface area contributed by atoms with Crippen molar-refractivity contribution in [3.05, 3.63) is 29.8 Å². The largest absolute Gasteiger partial charge is 0.369 e. The summed E-state index contributed by atoms with van der Waals surface area (Å²) in [6.45, 7) is 8.00. The van der Waals surface area contributed by atoms with Crippen LogP contribution in [0.3, 0.4) is 0 Å². The summed E-state index contributed by atoms with van der Waals surface area (Å²) in [5, 5.41) is 3.15. The summed E-state index contributed by atoms with van der Waals surface area (Å²) in [7, 11) is 0. The highest BCUT2D eigenvalue weighted by Gasteiger charge is 2.22. The molecule has 1 aliphatic rings. The van der Waals surface area contributed by atoms with Crippen molar-refractivity contribution in [3.63, 3.8) is 0 Å². The lowest BCUT2D eigenvalue weighted by Gasteiger charge is -2.35. The number of carbonyl (C=O) groups is 1. The number of nitrogens with one attached hydrogen (secondary N) is 1. The maximum absolute atomic E-state index is 11.8. The molecule has 1 amide bonds. The van der Waals surface area contributed by atoms with E-state index in [0.29, 0.717) is 0 Å². The van der Waals surface area contributed by atoms with Gasteiger partial charge in [-0.2, -0.15) is 0 Å². The van der Waals surface area contributed by atoms with Crippen LogP contribution in [0.15, 0.2) is 24.3 Å². The summed E-state index contributed by atoms with van der Waals surface area (Å²) >= 11 is 0. The molecule has 3 heteroatoms. The van der Waals surface area contributed by atoms with Gasteiger partial charge in [-0.05, 0) is 37.5 Å². The van der Waals surface area contributed by atoms with Gasteiger partial charge in [0.05, 0.1) is 0 Å². The van der Waals surface area contributed by atoms with Crippen molar-refractivity contribution >= 4 is 11.6 Å². The number of anilines is 1. The summed E-state index contributed by atoms with van der Waals surface area (Å²) in [4.78, 5) is 14.2. The van der Waals surface area contributed by atoms with Gasteiger partial charge in [0, 0.05) is 30.7 Å². The van der Waals surface area contributed by atoms with E-state index in [1.165, 1.54) is 11.3 Å². The number of amides is 1. The van der Waals surface area contributed by atoms with E-state index in [0.717, 1.165) is 25.9 Å². The lowest BCUT2D eigenvalue weighted by atomic mass is 10.0. The third kappa shape index (κ3) is 3.72. The van der Waals surface area contributed by atoms with Crippen LogP contribution in [-0.4, -0.2) is 25.0 Å². The van der Waals surface area contributed by atoms with Gasteiger partial charge in [-0.25, -0.2) is 0 Å². The number of benzene rings is 1. The van der Waals surface area contributed by atoms with Crippen LogP contribution >= 0.6 is 0 Å². The standard InChI is InChI=1S/C16H24N2O/c1-12(2)16(19)17-14-7-5-9-18(11-14)15-8-4-6-13(3)10-15/h4,6,8,10,12,14H,5,7,9,11H2,1-3H3,(H,17,19). The first-order chi connectivity index (χ1) is 9.06. The van der Waals surface area contributed by atoms with E-state index < -0.39 is 0 Å². The summed E-state index contributed by atoms with van der Waals surface area (Å²) in [6, 6.07) is 8.86. The van der Waals surface area contributed by atoms with E-state index in [9.17, 15) is 4.79 Å². The van der Waals surface area contributed by atoms with Crippen LogP contribution in [0.25, 0.3) is 0 Å². The summed E-state index contributed by atoms with van der Waals surface area (Å²) in [6.07, 6.45) is 2.22. The fourth-order valence-electron chi connectivity index (χ4n) is 2.52. The van der Waals surface area contributed by atoms with Gasteiger partial charge in [0.1, 0.15) is 0 Å². The number of rotatable bonds is 3. The molecule has 0 radical (unpaired) electrons. The van der Waals surface area contributed by atoms with Crippen LogP contribution in [0.1, 0.15) is 32.3 Å². The van der Waals surface area contributed by atoms with Gasteiger partial charge < -0.3 is 10.2 Å². The molecule has 0 aliphatic carbocycles. The molecule has 0 aromatic heterocycles. The third-order valence-corrected chi connectivity index (χ3v) is 3.66. The Morgan fingerprint density at radius 2 is 2.21 bits per heavy atom. The van der Waals surface area contributed by atoms with Crippen LogP contribution in [0, 0.1) is 12.8 Å². The Kier molecular flexibility index (Phi) is 4.46. The monoisotopic (exact) mass is 260 g/mol. The predicted molar refractivity (Wildman–Crippen MR) is 79.4 cm³/mol. The van der Waals surface area contributed by atoms with Crippen molar-refractivity contribution in [1.82, 2.24) is 5.32 Å². The summed E-state index contributed by atoms with van der Waals surface area (Å²) < 4.78 is 0. The van der Waals surface area contributed by atoms with Crippen LogP contribution in [-0.2, 0) is 4.79 Å². The first-order valence-corrected chi connectivity index (χ1v) is 7.18. The fourth-order valence-corrected chi connectivity index (χ4v) is 2.52. The van der Waals surface area contributed by atoms with Crippen LogP contribution < -0.4 is 10.2 Å². The van der Waals surface area contributed by atoms with Crippen molar-refractivity contribution < 1.29 is 4.79 Å².